The Morgan fingerprint density at radius 3 is 2.66 bits per heavy atom. The summed E-state index contributed by atoms with van der Waals surface area (Å²) in [7, 11) is 0. The summed E-state index contributed by atoms with van der Waals surface area (Å²) in [6.07, 6.45) is 3.38. The van der Waals surface area contributed by atoms with E-state index in [0.717, 1.165) is 43.1 Å². The van der Waals surface area contributed by atoms with Crippen LogP contribution in [0.4, 0.5) is 5.95 Å². The van der Waals surface area contributed by atoms with Crippen LogP contribution in [0.3, 0.4) is 0 Å². The van der Waals surface area contributed by atoms with E-state index in [1.54, 1.807) is 12.1 Å². The molecule has 1 N–H and O–H groups in total. The standard InChI is InChI=1S/C22H30N4O3/c1-3-4-5-12-29-20-8-6-18(7-9-20)21(27)23-16-19-15-17(2)24-22(25-19)26-10-13-28-14-11-26/h6-9,15H,3-5,10-14,16H2,1-2H3,(H,23,27). The number of hydrogen-bond donors (Lipinski definition) is 1. The minimum Gasteiger partial charge on any atom is -0.494 e. The molecule has 0 aliphatic carbocycles. The molecule has 1 aliphatic rings. The first kappa shape index (κ1) is 21.0. The van der Waals surface area contributed by atoms with Crippen LogP contribution >= 0.6 is 0 Å². The number of aromatic nitrogens is 2. The van der Waals surface area contributed by atoms with Gasteiger partial charge in [-0.25, -0.2) is 9.97 Å². The van der Waals surface area contributed by atoms with E-state index in [0.29, 0.717) is 37.9 Å². The number of ether oxygens (including phenoxy) is 2. The maximum Gasteiger partial charge on any atom is 0.251 e. The molecule has 29 heavy (non-hydrogen) atoms. The fraction of sp³-hybridized carbons (Fsp3) is 0.500. The molecular formula is C22H30N4O3. The van der Waals surface area contributed by atoms with E-state index < -0.39 is 0 Å². The normalized spacial score (nSPS) is 13.9. The summed E-state index contributed by atoms with van der Waals surface area (Å²) in [4.78, 5) is 23.7. The number of morpholine rings is 1. The number of hydrogen-bond acceptors (Lipinski definition) is 6. The van der Waals surface area contributed by atoms with Crippen molar-refractivity contribution in [3.8, 4) is 5.75 Å². The minimum absolute atomic E-state index is 0.133. The first-order valence-corrected chi connectivity index (χ1v) is 10.3. The van der Waals surface area contributed by atoms with Crippen molar-refractivity contribution in [3.05, 3.63) is 47.3 Å². The third-order valence-corrected chi connectivity index (χ3v) is 4.75. The SMILES string of the molecule is CCCCCOc1ccc(C(=O)NCc2cc(C)nc(N3CCOCC3)n2)cc1. The van der Waals surface area contributed by atoms with E-state index in [9.17, 15) is 4.79 Å². The molecule has 0 atom stereocenters. The van der Waals surface area contributed by atoms with E-state index >= 15 is 0 Å². The number of carbonyl (C=O) groups is 1. The van der Waals surface area contributed by atoms with Crippen LogP contribution < -0.4 is 15.0 Å². The van der Waals surface area contributed by atoms with Crippen molar-refractivity contribution >= 4 is 11.9 Å². The Hall–Kier alpha value is -2.67. The van der Waals surface area contributed by atoms with Gasteiger partial charge in [-0.2, -0.15) is 0 Å². The second kappa shape index (κ2) is 10.8. The average molecular weight is 399 g/mol. The quantitative estimate of drug-likeness (QED) is 0.654. The van der Waals surface area contributed by atoms with Gasteiger partial charge in [0.2, 0.25) is 5.95 Å². The molecule has 156 valence electrons. The van der Waals surface area contributed by atoms with Crippen molar-refractivity contribution in [1.29, 1.82) is 0 Å². The molecule has 1 saturated heterocycles. The van der Waals surface area contributed by atoms with E-state index in [1.165, 1.54) is 6.42 Å². The molecular weight excluding hydrogens is 368 g/mol. The molecule has 1 aliphatic heterocycles. The molecule has 0 unspecified atom stereocenters. The number of rotatable bonds is 9. The van der Waals surface area contributed by atoms with Gasteiger partial charge in [-0.3, -0.25) is 4.79 Å². The Kier molecular flexibility index (Phi) is 7.81. The van der Waals surface area contributed by atoms with Crippen LogP contribution in [-0.4, -0.2) is 48.8 Å². The largest absolute Gasteiger partial charge is 0.494 e. The van der Waals surface area contributed by atoms with Gasteiger partial charge in [-0.1, -0.05) is 19.8 Å². The summed E-state index contributed by atoms with van der Waals surface area (Å²) >= 11 is 0. The van der Waals surface area contributed by atoms with Gasteiger partial charge in [0.05, 0.1) is 32.1 Å². The molecule has 3 rings (SSSR count). The number of carbonyl (C=O) groups excluding carboxylic acids is 1. The highest BCUT2D eigenvalue weighted by molar-refractivity contribution is 5.94. The Balaban J connectivity index is 1.54. The van der Waals surface area contributed by atoms with Crippen molar-refractivity contribution in [3.63, 3.8) is 0 Å². The topological polar surface area (TPSA) is 76.6 Å². The fourth-order valence-corrected chi connectivity index (χ4v) is 3.13. The van der Waals surface area contributed by atoms with Crippen LogP contribution in [0.1, 0.15) is 47.9 Å². The molecule has 0 bridgehead atoms. The first-order valence-electron chi connectivity index (χ1n) is 10.3. The molecule has 0 saturated carbocycles. The molecule has 1 aromatic heterocycles. The summed E-state index contributed by atoms with van der Waals surface area (Å²) in [5, 5.41) is 2.94. The van der Waals surface area contributed by atoms with Crippen LogP contribution in [0.15, 0.2) is 30.3 Å². The number of nitrogens with zero attached hydrogens (tertiary/aromatic N) is 3. The van der Waals surface area contributed by atoms with Gasteiger partial charge in [-0.05, 0) is 43.7 Å². The minimum atomic E-state index is -0.133. The third kappa shape index (κ3) is 6.42. The van der Waals surface area contributed by atoms with Gasteiger partial charge >= 0.3 is 0 Å². The average Bonchev–Trinajstić information content (AvgIpc) is 2.76. The smallest absolute Gasteiger partial charge is 0.251 e. The lowest BCUT2D eigenvalue weighted by molar-refractivity contribution is 0.0950. The number of aryl methyl sites for hydroxylation is 1. The molecule has 1 aromatic carbocycles. The summed E-state index contributed by atoms with van der Waals surface area (Å²) < 4.78 is 11.1. The van der Waals surface area contributed by atoms with E-state index in [-0.39, 0.29) is 5.91 Å². The Morgan fingerprint density at radius 2 is 1.93 bits per heavy atom. The molecule has 7 nitrogen and oxygen atoms in total. The van der Waals surface area contributed by atoms with Gasteiger partial charge in [-0.15, -0.1) is 0 Å². The zero-order chi connectivity index (χ0) is 20.5. The van der Waals surface area contributed by atoms with Crippen LogP contribution in [0.5, 0.6) is 5.75 Å². The number of anilines is 1. The van der Waals surface area contributed by atoms with Gasteiger partial charge in [0.15, 0.2) is 0 Å². The number of unbranched alkanes of at least 4 members (excludes halogenated alkanes) is 2. The zero-order valence-electron chi connectivity index (χ0n) is 17.3. The number of benzene rings is 1. The van der Waals surface area contributed by atoms with Crippen LogP contribution in [-0.2, 0) is 11.3 Å². The second-order valence-electron chi connectivity index (χ2n) is 7.16. The zero-order valence-corrected chi connectivity index (χ0v) is 17.3. The third-order valence-electron chi connectivity index (χ3n) is 4.75. The predicted molar refractivity (Wildman–Crippen MR) is 112 cm³/mol. The summed E-state index contributed by atoms with van der Waals surface area (Å²) in [5.74, 6) is 1.35. The summed E-state index contributed by atoms with van der Waals surface area (Å²) in [6, 6.07) is 9.15. The molecule has 1 amide bonds. The van der Waals surface area contributed by atoms with E-state index in [4.69, 9.17) is 9.47 Å². The van der Waals surface area contributed by atoms with Crippen molar-refractivity contribution in [2.45, 2.75) is 39.7 Å². The number of nitrogens with one attached hydrogen (secondary N) is 1. The Labute approximate surface area is 172 Å². The van der Waals surface area contributed by atoms with E-state index in [2.05, 4.69) is 27.1 Å². The lowest BCUT2D eigenvalue weighted by Crippen LogP contribution is -2.37. The number of amides is 1. The Morgan fingerprint density at radius 1 is 1.17 bits per heavy atom. The lowest BCUT2D eigenvalue weighted by Gasteiger charge is -2.27. The van der Waals surface area contributed by atoms with Crippen molar-refractivity contribution in [1.82, 2.24) is 15.3 Å². The first-order chi connectivity index (χ1) is 14.2. The van der Waals surface area contributed by atoms with Crippen molar-refractivity contribution < 1.29 is 14.3 Å². The van der Waals surface area contributed by atoms with Crippen LogP contribution in [0.2, 0.25) is 0 Å². The van der Waals surface area contributed by atoms with Crippen molar-refractivity contribution in [2.24, 2.45) is 0 Å². The highest BCUT2D eigenvalue weighted by atomic mass is 16.5. The van der Waals surface area contributed by atoms with E-state index in [1.807, 2.05) is 25.1 Å². The van der Waals surface area contributed by atoms with Gasteiger partial charge in [0, 0.05) is 24.3 Å². The summed E-state index contributed by atoms with van der Waals surface area (Å²) in [5.41, 5.74) is 2.28. The van der Waals surface area contributed by atoms with Gasteiger partial charge in [0.1, 0.15) is 5.75 Å². The molecule has 0 radical (unpaired) electrons. The van der Waals surface area contributed by atoms with Gasteiger partial charge in [0.25, 0.3) is 5.91 Å². The maximum absolute atomic E-state index is 12.5. The monoisotopic (exact) mass is 398 g/mol. The second-order valence-corrected chi connectivity index (χ2v) is 7.16. The van der Waals surface area contributed by atoms with Crippen LogP contribution in [0.25, 0.3) is 0 Å². The fourth-order valence-electron chi connectivity index (χ4n) is 3.13. The summed E-state index contributed by atoms with van der Waals surface area (Å²) in [6.45, 7) is 8.09. The molecule has 2 heterocycles. The van der Waals surface area contributed by atoms with Gasteiger partial charge < -0.3 is 19.7 Å². The molecule has 1 fully saturated rings. The Bertz CT molecular complexity index is 789. The highest BCUT2D eigenvalue weighted by Gasteiger charge is 2.15. The van der Waals surface area contributed by atoms with Crippen LogP contribution in [0, 0.1) is 6.92 Å². The molecule has 7 heteroatoms. The lowest BCUT2D eigenvalue weighted by atomic mass is 10.2. The maximum atomic E-state index is 12.5. The highest BCUT2D eigenvalue weighted by Crippen LogP contribution is 2.14. The predicted octanol–water partition coefficient (Wildman–Crippen LogP) is 3.12. The molecule has 0 spiro atoms. The molecule has 2 aromatic rings. The van der Waals surface area contributed by atoms with Crippen molar-refractivity contribution in [2.75, 3.05) is 37.8 Å².